The quantitative estimate of drug-likeness (QED) is 0.617. The van der Waals surface area contributed by atoms with Crippen molar-refractivity contribution >= 4 is 32.3 Å². The Morgan fingerprint density at radius 2 is 1.89 bits per heavy atom. The summed E-state index contributed by atoms with van der Waals surface area (Å²) < 4.78 is 34.3. The average molecular weight is 400 g/mol. The van der Waals surface area contributed by atoms with Crippen LogP contribution in [0.5, 0.6) is 5.75 Å². The van der Waals surface area contributed by atoms with Gasteiger partial charge in [-0.05, 0) is 43.5 Å². The Kier molecular flexibility index (Phi) is 4.71. The van der Waals surface area contributed by atoms with E-state index in [1.54, 1.807) is 19.2 Å². The number of ether oxygens (including phenoxy) is 1. The molecule has 1 heterocycles. The molecular weight excluding hydrogens is 374 g/mol. The Morgan fingerprint density at radius 1 is 1.18 bits per heavy atom. The summed E-state index contributed by atoms with van der Waals surface area (Å²) in [6.45, 7) is 1.84. The molecule has 2 aromatic carbocycles. The number of hydrogen-bond acceptors (Lipinski definition) is 4. The van der Waals surface area contributed by atoms with Crippen LogP contribution < -0.4 is 15.2 Å². The lowest BCUT2D eigenvalue weighted by Gasteiger charge is -2.12. The van der Waals surface area contributed by atoms with Crippen molar-refractivity contribution in [3.63, 3.8) is 0 Å². The minimum absolute atomic E-state index is 0.111. The van der Waals surface area contributed by atoms with Crippen LogP contribution in [0.4, 0.5) is 11.4 Å². The highest BCUT2D eigenvalue weighted by atomic mass is 32.2. The molecular formula is C21H25N3O3S. The lowest BCUT2D eigenvalue weighted by atomic mass is 10.1. The van der Waals surface area contributed by atoms with Crippen molar-refractivity contribution in [2.45, 2.75) is 32.2 Å². The van der Waals surface area contributed by atoms with E-state index in [1.165, 1.54) is 0 Å². The second-order valence-electron chi connectivity index (χ2n) is 7.24. The molecule has 1 fully saturated rings. The maximum absolute atomic E-state index is 12.0. The molecule has 0 atom stereocenters. The molecule has 0 bridgehead atoms. The van der Waals surface area contributed by atoms with Gasteiger partial charge in [0.25, 0.3) is 0 Å². The predicted molar refractivity (Wildman–Crippen MR) is 114 cm³/mol. The van der Waals surface area contributed by atoms with Gasteiger partial charge in [-0.1, -0.05) is 19.1 Å². The van der Waals surface area contributed by atoms with Crippen molar-refractivity contribution in [2.24, 2.45) is 0 Å². The zero-order valence-corrected chi connectivity index (χ0v) is 16.9. The Bertz CT molecular complexity index is 1110. The van der Waals surface area contributed by atoms with Gasteiger partial charge < -0.3 is 15.0 Å². The number of fused-ring (bicyclic) bond motifs is 1. The first-order valence-corrected chi connectivity index (χ1v) is 11.2. The van der Waals surface area contributed by atoms with Crippen LogP contribution in [-0.4, -0.2) is 25.8 Å². The summed E-state index contributed by atoms with van der Waals surface area (Å²) in [4.78, 5) is 0. The predicted octanol–water partition coefficient (Wildman–Crippen LogP) is 4.39. The molecule has 1 aromatic heterocycles. The van der Waals surface area contributed by atoms with Gasteiger partial charge in [0.1, 0.15) is 5.75 Å². The highest BCUT2D eigenvalue weighted by Gasteiger charge is 2.30. The lowest BCUT2D eigenvalue weighted by Crippen LogP contribution is -2.15. The number of nitrogens with zero attached hydrogens (tertiary/aromatic N) is 1. The van der Waals surface area contributed by atoms with E-state index < -0.39 is 10.0 Å². The summed E-state index contributed by atoms with van der Waals surface area (Å²) in [5, 5.41) is 1.01. The van der Waals surface area contributed by atoms with Crippen molar-refractivity contribution in [2.75, 3.05) is 23.3 Å². The van der Waals surface area contributed by atoms with Gasteiger partial charge in [-0.15, -0.1) is 0 Å². The molecule has 1 aliphatic rings. The zero-order chi connectivity index (χ0) is 19.9. The first-order valence-electron chi connectivity index (χ1n) is 9.52. The summed E-state index contributed by atoms with van der Waals surface area (Å²) in [6.07, 6.45) is 2.83. The maximum atomic E-state index is 12.0. The third kappa shape index (κ3) is 3.42. The molecule has 0 spiro atoms. The van der Waals surface area contributed by atoms with Crippen molar-refractivity contribution in [1.29, 1.82) is 0 Å². The molecule has 0 aliphatic heterocycles. The highest BCUT2D eigenvalue weighted by Crippen LogP contribution is 2.46. The summed E-state index contributed by atoms with van der Waals surface area (Å²) in [7, 11) is -1.64. The molecule has 0 saturated heterocycles. The molecule has 0 amide bonds. The van der Waals surface area contributed by atoms with Crippen molar-refractivity contribution in [1.82, 2.24) is 4.57 Å². The third-order valence-electron chi connectivity index (χ3n) is 5.07. The summed E-state index contributed by atoms with van der Waals surface area (Å²) >= 11 is 0. The first kappa shape index (κ1) is 18.7. The highest BCUT2D eigenvalue weighted by molar-refractivity contribution is 7.92. The molecule has 28 heavy (non-hydrogen) atoms. The second-order valence-corrected chi connectivity index (χ2v) is 9.09. The monoisotopic (exact) mass is 399 g/mol. The van der Waals surface area contributed by atoms with Gasteiger partial charge in [-0.2, -0.15) is 0 Å². The van der Waals surface area contributed by atoms with Crippen LogP contribution >= 0.6 is 0 Å². The van der Waals surface area contributed by atoms with Gasteiger partial charge >= 0.3 is 0 Å². The SMILES string of the molecule is CCCS(=O)(=O)Nc1ccc(-c2c(N)c3ccc(OC)cc3n2C2CC2)cc1. The number of nitrogen functional groups attached to an aromatic ring is 1. The molecule has 1 aliphatic carbocycles. The molecule has 148 valence electrons. The Balaban J connectivity index is 1.77. The van der Waals surface area contributed by atoms with E-state index in [0.717, 1.165) is 46.4 Å². The topological polar surface area (TPSA) is 86.3 Å². The normalized spacial score (nSPS) is 14.4. The van der Waals surface area contributed by atoms with Gasteiger partial charge in [0.2, 0.25) is 10.0 Å². The summed E-state index contributed by atoms with van der Waals surface area (Å²) in [6, 6.07) is 13.8. The van der Waals surface area contributed by atoms with E-state index in [4.69, 9.17) is 10.5 Å². The van der Waals surface area contributed by atoms with Gasteiger partial charge in [0.15, 0.2) is 0 Å². The Morgan fingerprint density at radius 3 is 2.50 bits per heavy atom. The number of hydrogen-bond donors (Lipinski definition) is 2. The van der Waals surface area contributed by atoms with Crippen molar-refractivity contribution in [3.05, 3.63) is 42.5 Å². The van der Waals surface area contributed by atoms with E-state index in [1.807, 2.05) is 37.3 Å². The van der Waals surface area contributed by atoms with Crippen LogP contribution in [0.3, 0.4) is 0 Å². The van der Waals surface area contributed by atoms with Crippen LogP contribution in [0.1, 0.15) is 32.2 Å². The Hall–Kier alpha value is -2.67. The van der Waals surface area contributed by atoms with E-state index in [-0.39, 0.29) is 5.75 Å². The largest absolute Gasteiger partial charge is 0.497 e. The molecule has 3 aromatic rings. The third-order valence-corrected chi connectivity index (χ3v) is 6.56. The van der Waals surface area contributed by atoms with Gasteiger partial charge in [0.05, 0.1) is 29.8 Å². The number of sulfonamides is 1. The second kappa shape index (κ2) is 7.05. The molecule has 4 rings (SSSR count). The van der Waals surface area contributed by atoms with Gasteiger partial charge in [-0.25, -0.2) is 8.42 Å². The van der Waals surface area contributed by atoms with Crippen molar-refractivity contribution < 1.29 is 13.2 Å². The van der Waals surface area contributed by atoms with E-state index in [2.05, 4.69) is 9.29 Å². The fourth-order valence-corrected chi connectivity index (χ4v) is 4.78. The number of methoxy groups -OCH3 is 1. The molecule has 6 nitrogen and oxygen atoms in total. The van der Waals surface area contributed by atoms with Gasteiger partial charge in [-0.3, -0.25) is 4.72 Å². The fourth-order valence-electron chi connectivity index (χ4n) is 3.65. The van der Waals surface area contributed by atoms with Crippen molar-refractivity contribution in [3.8, 4) is 17.0 Å². The number of benzene rings is 2. The minimum Gasteiger partial charge on any atom is -0.497 e. The number of nitrogens with one attached hydrogen (secondary N) is 1. The smallest absolute Gasteiger partial charge is 0.232 e. The van der Waals surface area contributed by atoms with Crippen LogP contribution in [-0.2, 0) is 10.0 Å². The maximum Gasteiger partial charge on any atom is 0.232 e. The standard InChI is InChI=1S/C21H25N3O3S/c1-3-12-28(25,26)23-15-6-4-14(5-7-15)21-20(22)18-11-10-17(27-2)13-19(18)24(21)16-8-9-16/h4-7,10-11,13,16,23H,3,8-9,12,22H2,1-2H3. The molecule has 0 unspecified atom stereocenters. The molecule has 0 radical (unpaired) electrons. The van der Waals surface area contributed by atoms with E-state index in [0.29, 0.717) is 18.2 Å². The number of anilines is 2. The summed E-state index contributed by atoms with van der Waals surface area (Å²) in [5.41, 5.74) is 10.9. The molecule has 7 heteroatoms. The minimum atomic E-state index is -3.30. The van der Waals surface area contributed by atoms with Crippen LogP contribution in [0.25, 0.3) is 22.2 Å². The molecule has 1 saturated carbocycles. The summed E-state index contributed by atoms with van der Waals surface area (Å²) in [5.74, 6) is 0.915. The number of nitrogens with two attached hydrogens (primary N) is 1. The van der Waals surface area contributed by atoms with Gasteiger partial charge in [0, 0.05) is 28.7 Å². The Labute approximate surface area is 165 Å². The van der Waals surface area contributed by atoms with E-state index in [9.17, 15) is 8.42 Å². The van der Waals surface area contributed by atoms with Crippen LogP contribution in [0, 0.1) is 0 Å². The average Bonchev–Trinajstić information content (AvgIpc) is 3.46. The number of aromatic nitrogens is 1. The van der Waals surface area contributed by atoms with Crippen LogP contribution in [0.2, 0.25) is 0 Å². The fraction of sp³-hybridized carbons (Fsp3) is 0.333. The molecule has 3 N–H and O–H groups in total. The van der Waals surface area contributed by atoms with E-state index >= 15 is 0 Å². The van der Waals surface area contributed by atoms with Crippen LogP contribution in [0.15, 0.2) is 42.5 Å². The zero-order valence-electron chi connectivity index (χ0n) is 16.1. The lowest BCUT2D eigenvalue weighted by molar-refractivity contribution is 0.415. The number of rotatable bonds is 7. The first-order chi connectivity index (χ1) is 13.4.